The maximum atomic E-state index is 11.0. The van der Waals surface area contributed by atoms with Gasteiger partial charge in [-0.3, -0.25) is 4.79 Å². The zero-order chi connectivity index (χ0) is 16.5. The molecule has 0 aliphatic rings. The highest BCUT2D eigenvalue weighted by atomic mass is 16.1. The molecule has 4 rings (SSSR count). The van der Waals surface area contributed by atoms with Crippen molar-refractivity contribution in [1.29, 1.82) is 0 Å². The van der Waals surface area contributed by atoms with E-state index in [1.807, 2.05) is 12.1 Å². The molecule has 0 spiro atoms. The minimum Gasteiger partial charge on any atom is -0.369 e. The summed E-state index contributed by atoms with van der Waals surface area (Å²) in [7, 11) is 0. The fraction of sp³-hybridized carbons (Fsp3) is 0.0952. The second-order valence-electron chi connectivity index (χ2n) is 6.08. The molecule has 0 saturated carbocycles. The van der Waals surface area contributed by atoms with E-state index in [4.69, 9.17) is 5.73 Å². The Bertz CT molecular complexity index is 976. The summed E-state index contributed by atoms with van der Waals surface area (Å²) >= 11 is 0. The van der Waals surface area contributed by atoms with Crippen molar-refractivity contribution >= 4 is 27.7 Å². The van der Waals surface area contributed by atoms with Gasteiger partial charge >= 0.3 is 0 Å². The quantitative estimate of drug-likeness (QED) is 0.611. The van der Waals surface area contributed by atoms with E-state index in [9.17, 15) is 4.79 Å². The predicted molar refractivity (Wildman–Crippen MR) is 97.9 cm³/mol. The average Bonchev–Trinajstić information content (AvgIpc) is 2.91. The summed E-state index contributed by atoms with van der Waals surface area (Å²) in [6.45, 7) is 0.797. The third-order valence-corrected chi connectivity index (χ3v) is 4.42. The van der Waals surface area contributed by atoms with E-state index in [2.05, 4.69) is 65.2 Å². The van der Waals surface area contributed by atoms with Gasteiger partial charge in [0.1, 0.15) is 0 Å². The first-order chi connectivity index (χ1) is 11.7. The number of primary amides is 1. The maximum Gasteiger partial charge on any atom is 0.221 e. The average molecular weight is 314 g/mol. The Kier molecular flexibility index (Phi) is 3.54. The number of benzene rings is 3. The van der Waals surface area contributed by atoms with Crippen molar-refractivity contribution in [2.75, 3.05) is 0 Å². The molecule has 0 aliphatic carbocycles. The van der Waals surface area contributed by atoms with Crippen LogP contribution in [0.25, 0.3) is 21.8 Å². The van der Waals surface area contributed by atoms with Crippen molar-refractivity contribution in [2.45, 2.75) is 13.0 Å². The van der Waals surface area contributed by atoms with Crippen LogP contribution in [0, 0.1) is 0 Å². The van der Waals surface area contributed by atoms with Crippen molar-refractivity contribution in [1.82, 2.24) is 4.57 Å². The van der Waals surface area contributed by atoms with E-state index in [-0.39, 0.29) is 12.3 Å². The highest BCUT2D eigenvalue weighted by molar-refractivity contribution is 6.08. The lowest BCUT2D eigenvalue weighted by Gasteiger charge is -2.08. The van der Waals surface area contributed by atoms with Crippen LogP contribution in [0.5, 0.6) is 0 Å². The maximum absolute atomic E-state index is 11.0. The highest BCUT2D eigenvalue weighted by Gasteiger charge is 2.10. The molecule has 4 aromatic rings. The second kappa shape index (κ2) is 5.85. The summed E-state index contributed by atoms with van der Waals surface area (Å²) in [5, 5.41) is 2.55. The zero-order valence-electron chi connectivity index (χ0n) is 13.3. The van der Waals surface area contributed by atoms with Crippen LogP contribution in [0.15, 0.2) is 72.8 Å². The highest BCUT2D eigenvalue weighted by Crippen LogP contribution is 2.29. The molecular weight excluding hydrogens is 296 g/mol. The summed E-state index contributed by atoms with van der Waals surface area (Å²) in [5.41, 5.74) is 9.88. The molecule has 0 aliphatic heterocycles. The number of aromatic nitrogens is 1. The van der Waals surface area contributed by atoms with E-state index >= 15 is 0 Å². The largest absolute Gasteiger partial charge is 0.369 e. The van der Waals surface area contributed by atoms with Gasteiger partial charge in [0.05, 0.1) is 6.42 Å². The topological polar surface area (TPSA) is 48.0 Å². The van der Waals surface area contributed by atoms with E-state index < -0.39 is 0 Å². The van der Waals surface area contributed by atoms with Crippen molar-refractivity contribution in [2.24, 2.45) is 5.73 Å². The van der Waals surface area contributed by atoms with Crippen LogP contribution >= 0.6 is 0 Å². The molecule has 3 aromatic carbocycles. The molecule has 0 unspecified atom stereocenters. The molecular formula is C21H18N2O. The molecule has 3 heteroatoms. The molecule has 118 valence electrons. The number of carbonyl (C=O) groups is 1. The number of rotatable bonds is 4. The Morgan fingerprint density at radius 1 is 0.750 bits per heavy atom. The lowest BCUT2D eigenvalue weighted by atomic mass is 10.1. The van der Waals surface area contributed by atoms with E-state index in [0.29, 0.717) is 0 Å². The van der Waals surface area contributed by atoms with Crippen LogP contribution in [-0.2, 0) is 17.8 Å². The van der Waals surface area contributed by atoms with Crippen LogP contribution in [0.1, 0.15) is 11.1 Å². The third-order valence-electron chi connectivity index (χ3n) is 4.42. The third kappa shape index (κ3) is 2.54. The monoisotopic (exact) mass is 314 g/mol. The fourth-order valence-electron chi connectivity index (χ4n) is 3.32. The molecule has 2 N–H and O–H groups in total. The lowest BCUT2D eigenvalue weighted by molar-refractivity contribution is -0.117. The molecule has 0 radical (unpaired) electrons. The summed E-state index contributed by atoms with van der Waals surface area (Å²) in [5.74, 6) is -0.301. The van der Waals surface area contributed by atoms with E-state index in [0.717, 1.165) is 12.1 Å². The van der Waals surface area contributed by atoms with Crippen molar-refractivity contribution in [3.8, 4) is 0 Å². The molecule has 0 bridgehead atoms. The molecule has 0 atom stereocenters. The molecule has 1 amide bonds. The molecule has 0 fully saturated rings. The zero-order valence-corrected chi connectivity index (χ0v) is 13.3. The molecule has 24 heavy (non-hydrogen) atoms. The van der Waals surface area contributed by atoms with Crippen LogP contribution in [-0.4, -0.2) is 10.5 Å². The van der Waals surface area contributed by atoms with Gasteiger partial charge in [0.2, 0.25) is 5.91 Å². The summed E-state index contributed by atoms with van der Waals surface area (Å²) in [6, 6.07) is 25.1. The summed E-state index contributed by atoms with van der Waals surface area (Å²) in [4.78, 5) is 11.0. The lowest BCUT2D eigenvalue weighted by Crippen LogP contribution is -2.13. The Hall–Kier alpha value is -3.07. The van der Waals surface area contributed by atoms with Crippen LogP contribution < -0.4 is 5.73 Å². The van der Waals surface area contributed by atoms with Crippen LogP contribution in [0.4, 0.5) is 0 Å². The fourth-order valence-corrected chi connectivity index (χ4v) is 3.32. The Morgan fingerprint density at radius 2 is 1.25 bits per heavy atom. The first-order valence-electron chi connectivity index (χ1n) is 8.04. The number of carbonyl (C=O) groups excluding carboxylic acids is 1. The number of amides is 1. The summed E-state index contributed by atoms with van der Waals surface area (Å²) in [6.07, 6.45) is 0.287. The van der Waals surface area contributed by atoms with Gasteiger partial charge in [-0.25, -0.2) is 0 Å². The van der Waals surface area contributed by atoms with Gasteiger partial charge in [-0.15, -0.1) is 0 Å². The standard InChI is InChI=1S/C21H18N2O/c22-21(24)13-15-9-11-16(12-10-15)14-23-19-7-3-1-5-17(19)18-6-2-4-8-20(18)23/h1-12H,13-14H2,(H2,22,24). The minimum absolute atomic E-state index is 0.287. The van der Waals surface area contributed by atoms with Gasteiger partial charge in [-0.1, -0.05) is 60.7 Å². The number of nitrogens with two attached hydrogens (primary N) is 1. The van der Waals surface area contributed by atoms with Crippen molar-refractivity contribution in [3.05, 3.63) is 83.9 Å². The minimum atomic E-state index is -0.301. The van der Waals surface area contributed by atoms with E-state index in [1.54, 1.807) is 0 Å². The molecule has 1 aromatic heterocycles. The Labute approximate surface area is 140 Å². The van der Waals surface area contributed by atoms with Crippen LogP contribution in [0.2, 0.25) is 0 Å². The number of nitrogens with zero attached hydrogens (tertiary/aromatic N) is 1. The number of para-hydroxylation sites is 2. The molecule has 1 heterocycles. The van der Waals surface area contributed by atoms with Gasteiger partial charge in [-0.05, 0) is 23.3 Å². The first-order valence-corrected chi connectivity index (χ1v) is 8.04. The predicted octanol–water partition coefficient (Wildman–Crippen LogP) is 3.87. The van der Waals surface area contributed by atoms with Gasteiger partial charge in [0, 0.05) is 28.4 Å². The van der Waals surface area contributed by atoms with Gasteiger partial charge < -0.3 is 10.3 Å². The normalized spacial score (nSPS) is 11.2. The number of fused-ring (bicyclic) bond motifs is 3. The SMILES string of the molecule is NC(=O)Cc1ccc(Cn2c3ccccc3c3ccccc32)cc1. The van der Waals surface area contributed by atoms with Crippen LogP contribution in [0.3, 0.4) is 0 Å². The number of hydrogen-bond donors (Lipinski definition) is 1. The van der Waals surface area contributed by atoms with Crippen molar-refractivity contribution in [3.63, 3.8) is 0 Å². The summed E-state index contributed by atoms with van der Waals surface area (Å²) < 4.78 is 2.34. The Balaban J connectivity index is 1.77. The second-order valence-corrected chi connectivity index (χ2v) is 6.08. The van der Waals surface area contributed by atoms with Gasteiger partial charge in [0.15, 0.2) is 0 Å². The van der Waals surface area contributed by atoms with Gasteiger partial charge in [0.25, 0.3) is 0 Å². The first kappa shape index (κ1) is 14.5. The van der Waals surface area contributed by atoms with Gasteiger partial charge in [-0.2, -0.15) is 0 Å². The molecule has 0 saturated heterocycles. The van der Waals surface area contributed by atoms with Crippen molar-refractivity contribution < 1.29 is 4.79 Å². The smallest absolute Gasteiger partial charge is 0.221 e. The molecule has 3 nitrogen and oxygen atoms in total. The van der Waals surface area contributed by atoms with E-state index in [1.165, 1.54) is 27.4 Å². The Morgan fingerprint density at radius 3 is 1.79 bits per heavy atom. The number of hydrogen-bond acceptors (Lipinski definition) is 1.